The number of sulfonamides is 1. The van der Waals surface area contributed by atoms with E-state index in [1.54, 1.807) is 4.31 Å². The molecule has 1 saturated heterocycles. The first-order chi connectivity index (χ1) is 14.4. The molecule has 31 heavy (non-hydrogen) atoms. The number of guanidine groups is 1. The Morgan fingerprint density at radius 1 is 1.26 bits per heavy atom. The van der Waals surface area contributed by atoms with Crippen LogP contribution in [0.3, 0.4) is 0 Å². The number of para-hydroxylation sites is 1. The fourth-order valence-electron chi connectivity index (χ4n) is 4.04. The second-order valence-electron chi connectivity index (χ2n) is 7.96. The number of nitrogens with zero attached hydrogens (tertiary/aromatic N) is 2. The van der Waals surface area contributed by atoms with Crippen molar-refractivity contribution in [2.75, 3.05) is 31.9 Å². The van der Waals surface area contributed by atoms with Gasteiger partial charge in [0.2, 0.25) is 10.0 Å². The molecule has 0 aliphatic carbocycles. The van der Waals surface area contributed by atoms with E-state index in [4.69, 9.17) is 4.99 Å². The third-order valence-corrected chi connectivity index (χ3v) is 7.73. The van der Waals surface area contributed by atoms with E-state index in [2.05, 4.69) is 53.9 Å². The van der Waals surface area contributed by atoms with Gasteiger partial charge in [0.25, 0.3) is 0 Å². The zero-order valence-corrected chi connectivity index (χ0v) is 21.9. The minimum atomic E-state index is -3.10. The van der Waals surface area contributed by atoms with Crippen LogP contribution >= 0.6 is 24.0 Å². The normalized spacial score (nSPS) is 16.3. The standard InChI is InChI=1S/C22H35N5O2S.HI/c1-4-15-30(28,29)27-13-10-19(11-14-27)26-22(23-5-2)24-12-9-18-16-25-21-17(3)7-6-8-20(18)21;/h6-8,16,19,25H,4-5,9-15H2,1-3H3,(H2,23,24,26);1H. The molecule has 0 atom stereocenters. The Kier molecular flexibility index (Phi) is 10.1. The molecule has 2 aromatic rings. The van der Waals surface area contributed by atoms with Crippen molar-refractivity contribution in [2.45, 2.75) is 52.5 Å². The van der Waals surface area contributed by atoms with Gasteiger partial charge in [-0.15, -0.1) is 24.0 Å². The van der Waals surface area contributed by atoms with Crippen LogP contribution in [0.2, 0.25) is 0 Å². The number of H-pyrrole nitrogens is 1. The number of aromatic amines is 1. The predicted octanol–water partition coefficient (Wildman–Crippen LogP) is 3.40. The molecule has 1 fully saturated rings. The Bertz CT molecular complexity index is 965. The fraction of sp³-hybridized carbons (Fsp3) is 0.591. The first kappa shape index (κ1) is 25.9. The second-order valence-corrected chi connectivity index (χ2v) is 10.0. The lowest BCUT2D eigenvalue weighted by Gasteiger charge is -2.32. The van der Waals surface area contributed by atoms with Crippen molar-refractivity contribution < 1.29 is 8.42 Å². The number of rotatable bonds is 8. The number of nitrogens with one attached hydrogen (secondary N) is 3. The average Bonchev–Trinajstić information content (AvgIpc) is 3.13. The maximum atomic E-state index is 12.3. The topological polar surface area (TPSA) is 89.6 Å². The Morgan fingerprint density at radius 3 is 2.68 bits per heavy atom. The number of hydrogen-bond donors (Lipinski definition) is 3. The van der Waals surface area contributed by atoms with Gasteiger partial charge in [0.15, 0.2) is 5.96 Å². The van der Waals surface area contributed by atoms with E-state index in [0.717, 1.165) is 31.8 Å². The predicted molar refractivity (Wildman–Crippen MR) is 140 cm³/mol. The molecule has 3 rings (SSSR count). The van der Waals surface area contributed by atoms with Gasteiger partial charge >= 0.3 is 0 Å². The summed E-state index contributed by atoms with van der Waals surface area (Å²) in [5, 5.41) is 8.08. The maximum absolute atomic E-state index is 12.3. The molecule has 174 valence electrons. The average molecular weight is 562 g/mol. The zero-order chi connectivity index (χ0) is 21.6. The Balaban J connectivity index is 0.00000341. The summed E-state index contributed by atoms with van der Waals surface area (Å²) in [4.78, 5) is 8.13. The first-order valence-corrected chi connectivity index (χ1v) is 12.6. The quantitative estimate of drug-likeness (QED) is 0.262. The van der Waals surface area contributed by atoms with Gasteiger partial charge in [-0.05, 0) is 50.7 Å². The highest BCUT2D eigenvalue weighted by atomic mass is 127. The van der Waals surface area contributed by atoms with Crippen LogP contribution in [-0.2, 0) is 16.4 Å². The molecule has 0 unspecified atom stereocenters. The number of hydrogen-bond acceptors (Lipinski definition) is 3. The van der Waals surface area contributed by atoms with Crippen LogP contribution in [0.4, 0.5) is 0 Å². The van der Waals surface area contributed by atoms with Gasteiger partial charge in [-0.3, -0.25) is 4.99 Å². The molecule has 1 aliphatic rings. The van der Waals surface area contributed by atoms with Gasteiger partial charge in [0.1, 0.15) is 0 Å². The van der Waals surface area contributed by atoms with Crippen LogP contribution in [0.1, 0.15) is 44.2 Å². The molecule has 3 N–H and O–H groups in total. The van der Waals surface area contributed by atoms with E-state index in [9.17, 15) is 8.42 Å². The van der Waals surface area contributed by atoms with Gasteiger partial charge in [0.05, 0.1) is 5.75 Å². The zero-order valence-electron chi connectivity index (χ0n) is 18.8. The highest BCUT2D eigenvalue weighted by molar-refractivity contribution is 14.0. The van der Waals surface area contributed by atoms with Crippen molar-refractivity contribution in [1.82, 2.24) is 19.9 Å². The number of piperidine rings is 1. The van der Waals surface area contributed by atoms with E-state index in [-0.39, 0.29) is 35.8 Å². The van der Waals surface area contributed by atoms with Crippen molar-refractivity contribution in [2.24, 2.45) is 4.99 Å². The molecule has 0 spiro atoms. The lowest BCUT2D eigenvalue weighted by Crippen LogP contribution is -2.50. The number of aryl methyl sites for hydroxylation is 1. The van der Waals surface area contributed by atoms with Crippen molar-refractivity contribution in [3.05, 3.63) is 35.5 Å². The summed E-state index contributed by atoms with van der Waals surface area (Å²) >= 11 is 0. The summed E-state index contributed by atoms with van der Waals surface area (Å²) in [6.45, 7) is 8.72. The first-order valence-electron chi connectivity index (χ1n) is 11.0. The molecule has 1 aromatic carbocycles. The van der Waals surface area contributed by atoms with E-state index < -0.39 is 10.0 Å². The van der Waals surface area contributed by atoms with E-state index in [0.29, 0.717) is 26.1 Å². The van der Waals surface area contributed by atoms with Crippen LogP contribution in [0.15, 0.2) is 29.4 Å². The molecular weight excluding hydrogens is 525 g/mol. The van der Waals surface area contributed by atoms with Gasteiger partial charge in [0, 0.05) is 49.3 Å². The van der Waals surface area contributed by atoms with Crippen LogP contribution in [0.25, 0.3) is 10.9 Å². The number of aliphatic imine (C=N–C) groups is 1. The maximum Gasteiger partial charge on any atom is 0.214 e. The highest BCUT2D eigenvalue weighted by Crippen LogP contribution is 2.21. The van der Waals surface area contributed by atoms with Crippen molar-refractivity contribution in [3.8, 4) is 0 Å². The number of halogens is 1. The summed E-state index contributed by atoms with van der Waals surface area (Å²) in [7, 11) is -3.10. The molecule has 0 bridgehead atoms. The lowest BCUT2D eigenvalue weighted by atomic mass is 10.1. The molecule has 1 aliphatic heterocycles. The minimum Gasteiger partial charge on any atom is -0.361 e. The van der Waals surface area contributed by atoms with Crippen LogP contribution in [0, 0.1) is 6.92 Å². The second kappa shape index (κ2) is 12.1. The summed E-state index contributed by atoms with van der Waals surface area (Å²) in [6.07, 6.45) is 5.21. The minimum absolute atomic E-state index is 0. The van der Waals surface area contributed by atoms with E-state index in [1.165, 1.54) is 22.0 Å². The van der Waals surface area contributed by atoms with Crippen LogP contribution in [0.5, 0.6) is 0 Å². The van der Waals surface area contributed by atoms with Crippen molar-refractivity contribution in [3.63, 3.8) is 0 Å². The number of aromatic nitrogens is 1. The number of fused-ring (bicyclic) bond motifs is 1. The van der Waals surface area contributed by atoms with E-state index >= 15 is 0 Å². The summed E-state index contributed by atoms with van der Waals surface area (Å²) in [6, 6.07) is 6.61. The van der Waals surface area contributed by atoms with Gasteiger partial charge in [-0.25, -0.2) is 12.7 Å². The Hall–Kier alpha value is -1.33. The summed E-state index contributed by atoms with van der Waals surface area (Å²) in [5.41, 5.74) is 3.73. The molecule has 0 amide bonds. The van der Waals surface area contributed by atoms with Crippen LogP contribution in [-0.4, -0.2) is 61.6 Å². The lowest BCUT2D eigenvalue weighted by molar-refractivity contribution is 0.306. The van der Waals surface area contributed by atoms with E-state index in [1.807, 2.05) is 6.92 Å². The van der Waals surface area contributed by atoms with Gasteiger partial charge < -0.3 is 15.6 Å². The molecule has 9 heteroatoms. The van der Waals surface area contributed by atoms with Crippen molar-refractivity contribution in [1.29, 1.82) is 0 Å². The SMILES string of the molecule is CCCS(=O)(=O)N1CCC(NC(=NCCc2c[nH]c3c(C)cccc23)NCC)CC1.I. The highest BCUT2D eigenvalue weighted by Gasteiger charge is 2.27. The summed E-state index contributed by atoms with van der Waals surface area (Å²) in [5.74, 6) is 1.05. The smallest absolute Gasteiger partial charge is 0.214 e. The van der Waals surface area contributed by atoms with Crippen LogP contribution < -0.4 is 10.6 Å². The Labute approximate surface area is 203 Å². The molecule has 0 saturated carbocycles. The molecule has 7 nitrogen and oxygen atoms in total. The molecule has 2 heterocycles. The largest absolute Gasteiger partial charge is 0.361 e. The molecule has 0 radical (unpaired) electrons. The monoisotopic (exact) mass is 561 g/mol. The summed E-state index contributed by atoms with van der Waals surface area (Å²) < 4.78 is 26.1. The van der Waals surface area contributed by atoms with Crippen molar-refractivity contribution >= 4 is 50.9 Å². The fourth-order valence-corrected chi connectivity index (χ4v) is 5.58. The molecule has 1 aromatic heterocycles. The third kappa shape index (κ3) is 6.82. The van der Waals surface area contributed by atoms with Gasteiger partial charge in [-0.2, -0.15) is 0 Å². The third-order valence-electron chi connectivity index (χ3n) is 5.65. The molecular formula is C22H36IN5O2S. The number of benzene rings is 1. The Morgan fingerprint density at radius 2 is 2.00 bits per heavy atom. The van der Waals surface area contributed by atoms with Gasteiger partial charge in [-0.1, -0.05) is 25.1 Å².